The van der Waals surface area contributed by atoms with Crippen LogP contribution in [0.5, 0.6) is 23.0 Å². The van der Waals surface area contributed by atoms with Crippen LogP contribution in [0.1, 0.15) is 83.1 Å². The van der Waals surface area contributed by atoms with Gasteiger partial charge in [0.15, 0.2) is 0 Å². The topological polar surface area (TPSA) is 173 Å². The lowest BCUT2D eigenvalue weighted by Gasteiger charge is -2.20. The number of carbonyl (C=O) groups excluding carboxylic acids is 4. The lowest BCUT2D eigenvalue weighted by atomic mass is 10.2. The highest BCUT2D eigenvalue weighted by atomic mass is 16.8. The van der Waals surface area contributed by atoms with Crippen molar-refractivity contribution in [3.8, 4) is 23.0 Å². The van der Waals surface area contributed by atoms with E-state index in [0.717, 1.165) is 0 Å². The Labute approximate surface area is 264 Å². The summed E-state index contributed by atoms with van der Waals surface area (Å²) in [6.07, 6.45) is -3.71. The molecule has 0 amide bonds. The second-order valence-corrected chi connectivity index (χ2v) is 13.2. The average molecular weight is 639 g/mol. The normalized spacial score (nSPS) is 11.2. The molecule has 0 aliphatic rings. The summed E-state index contributed by atoms with van der Waals surface area (Å²) in [4.78, 5) is 45.0. The number of ether oxygens (including phenoxy) is 7. The molecule has 0 heterocycles. The van der Waals surface area contributed by atoms with Gasteiger partial charge in [0.05, 0.1) is 0 Å². The van der Waals surface area contributed by atoms with E-state index in [9.17, 15) is 19.2 Å². The minimum Gasteiger partial charge on any atom is -0.508 e. The van der Waals surface area contributed by atoms with Crippen molar-refractivity contribution in [3.63, 3.8) is 0 Å². The van der Waals surface area contributed by atoms with E-state index in [2.05, 4.69) is 4.74 Å². The molecule has 13 nitrogen and oxygen atoms in total. The molecule has 0 radical (unpaired) electrons. The number of hydrogen-bond donors (Lipinski definition) is 2. The predicted molar refractivity (Wildman–Crippen MR) is 163 cm³/mol. The third-order valence-corrected chi connectivity index (χ3v) is 3.80. The molecule has 0 spiro atoms. The van der Waals surface area contributed by atoms with Gasteiger partial charge in [0.25, 0.3) is 0 Å². The van der Waals surface area contributed by atoms with E-state index in [0.29, 0.717) is 0 Å². The van der Waals surface area contributed by atoms with Crippen LogP contribution in [0.4, 0.5) is 19.2 Å². The van der Waals surface area contributed by atoms with Gasteiger partial charge in [-0.2, -0.15) is 0 Å². The molecule has 0 unspecified atom stereocenters. The maximum Gasteiger partial charge on any atom is 0.519 e. The van der Waals surface area contributed by atoms with Crippen molar-refractivity contribution in [3.05, 3.63) is 48.5 Å². The van der Waals surface area contributed by atoms with Gasteiger partial charge in [-0.15, -0.1) is 0 Å². The molecule has 0 atom stereocenters. The fourth-order valence-electron chi connectivity index (χ4n) is 2.37. The smallest absolute Gasteiger partial charge is 0.508 e. The van der Waals surface area contributed by atoms with Crippen LogP contribution in [0, 0.1) is 0 Å². The Balaban J connectivity index is 0.000000721. The van der Waals surface area contributed by atoms with Gasteiger partial charge in [-0.25, -0.2) is 19.2 Å². The second-order valence-electron chi connectivity index (χ2n) is 13.2. The van der Waals surface area contributed by atoms with E-state index in [1.165, 1.54) is 48.5 Å². The first-order chi connectivity index (χ1) is 20.2. The molecule has 0 aromatic heterocycles. The molecule has 0 fully saturated rings. The number of aromatic hydroxyl groups is 2. The first kappa shape index (κ1) is 40.3. The Bertz CT molecular complexity index is 1130. The highest BCUT2D eigenvalue weighted by molar-refractivity contribution is 5.77. The first-order valence-corrected chi connectivity index (χ1v) is 13.8. The summed E-state index contributed by atoms with van der Waals surface area (Å²) < 4.78 is 33.8. The summed E-state index contributed by atoms with van der Waals surface area (Å²) in [5.41, 5.74) is -2.65. The molecule has 0 aliphatic heterocycles. The number of benzene rings is 2. The van der Waals surface area contributed by atoms with E-state index < -0.39 is 47.0 Å². The molecular formula is C32H46O13. The monoisotopic (exact) mass is 638 g/mol. The van der Waals surface area contributed by atoms with Crippen LogP contribution < -0.4 is 9.47 Å². The van der Waals surface area contributed by atoms with E-state index in [-0.39, 0.29) is 23.0 Å². The second kappa shape index (κ2) is 17.0. The molecular weight excluding hydrogens is 592 g/mol. The van der Waals surface area contributed by atoms with Crippen LogP contribution in [0.3, 0.4) is 0 Å². The molecule has 0 saturated carbocycles. The van der Waals surface area contributed by atoms with Gasteiger partial charge in [0.2, 0.25) is 0 Å². The highest BCUT2D eigenvalue weighted by Gasteiger charge is 2.24. The maximum atomic E-state index is 11.5. The van der Waals surface area contributed by atoms with Crippen LogP contribution in [0.25, 0.3) is 0 Å². The van der Waals surface area contributed by atoms with Crippen molar-refractivity contribution >= 4 is 24.6 Å². The van der Waals surface area contributed by atoms with Crippen molar-refractivity contribution in [2.75, 3.05) is 0 Å². The van der Waals surface area contributed by atoms with Gasteiger partial charge in [-0.3, -0.25) is 0 Å². The van der Waals surface area contributed by atoms with Crippen LogP contribution >= 0.6 is 0 Å². The summed E-state index contributed by atoms with van der Waals surface area (Å²) in [6, 6.07) is 11.7. The average Bonchev–Trinajstić information content (AvgIpc) is 2.78. The van der Waals surface area contributed by atoms with Crippen LogP contribution in [0.15, 0.2) is 48.5 Å². The fraction of sp³-hybridized carbons (Fsp3) is 0.500. The van der Waals surface area contributed by atoms with Crippen molar-refractivity contribution in [1.82, 2.24) is 0 Å². The SMILES string of the molecule is CC(C)(C)OC(=O)OC(=O)OC(C)(C)C.CC(C)(C)OC(=O)Oc1ccc(OC(=O)OC(C)(C)C)cc1.Oc1ccc(O)cc1. The third-order valence-electron chi connectivity index (χ3n) is 3.80. The zero-order valence-corrected chi connectivity index (χ0v) is 28.0. The van der Waals surface area contributed by atoms with Crippen LogP contribution in [0.2, 0.25) is 0 Å². The van der Waals surface area contributed by atoms with Crippen LogP contribution in [-0.2, 0) is 23.7 Å². The molecule has 0 aliphatic carbocycles. The molecule has 252 valence electrons. The largest absolute Gasteiger partial charge is 0.519 e. The number of hydrogen-bond acceptors (Lipinski definition) is 13. The Hall–Kier alpha value is -4.68. The molecule has 0 bridgehead atoms. The lowest BCUT2D eigenvalue weighted by molar-refractivity contribution is -0.0295. The number of phenolic OH excluding ortho intramolecular Hbond substituents is 2. The Kier molecular flexibility index (Phi) is 15.2. The zero-order chi connectivity index (χ0) is 35.2. The lowest BCUT2D eigenvalue weighted by Crippen LogP contribution is -2.29. The van der Waals surface area contributed by atoms with Gasteiger partial charge >= 0.3 is 24.6 Å². The number of carbonyl (C=O) groups is 4. The minimum atomic E-state index is -1.06. The number of rotatable bonds is 2. The third kappa shape index (κ3) is 24.5. The van der Waals surface area contributed by atoms with Gasteiger partial charge in [0, 0.05) is 0 Å². The van der Waals surface area contributed by atoms with Crippen LogP contribution in [-0.4, -0.2) is 57.2 Å². The van der Waals surface area contributed by atoms with E-state index >= 15 is 0 Å². The summed E-state index contributed by atoms with van der Waals surface area (Å²) in [6.45, 7) is 20.5. The first-order valence-electron chi connectivity index (χ1n) is 13.8. The zero-order valence-electron chi connectivity index (χ0n) is 28.0. The van der Waals surface area contributed by atoms with E-state index in [1.807, 2.05) is 0 Å². The van der Waals surface area contributed by atoms with Gasteiger partial charge < -0.3 is 43.4 Å². The van der Waals surface area contributed by atoms with E-state index in [1.54, 1.807) is 83.1 Å². The summed E-state index contributed by atoms with van der Waals surface area (Å²) >= 11 is 0. The molecule has 45 heavy (non-hydrogen) atoms. The minimum absolute atomic E-state index is 0.169. The van der Waals surface area contributed by atoms with Crippen molar-refractivity contribution < 1.29 is 62.5 Å². The Morgan fingerprint density at radius 1 is 0.422 bits per heavy atom. The Morgan fingerprint density at radius 3 is 0.867 bits per heavy atom. The van der Waals surface area contributed by atoms with Crippen molar-refractivity contribution in [2.45, 2.75) is 105 Å². The summed E-state index contributed by atoms with van der Waals surface area (Å²) in [5.74, 6) is 0.905. The van der Waals surface area contributed by atoms with Gasteiger partial charge in [-0.1, -0.05) is 0 Å². The van der Waals surface area contributed by atoms with Crippen molar-refractivity contribution in [2.24, 2.45) is 0 Å². The standard InChI is InChI=1S/C16H22O6.C10H18O5.C6H6O2/c1-15(2,3)21-13(17)19-11-7-9-12(10-8-11)20-14(18)22-16(4,5)6;1-9(2,3)14-7(11)13-8(12)15-10(4,5)6;7-5-1-2-6(8)4-3-5/h7-10H,1-6H3;1-6H3;1-4,7-8H. The molecule has 2 aromatic carbocycles. The van der Waals surface area contributed by atoms with Crippen molar-refractivity contribution in [1.29, 1.82) is 0 Å². The molecule has 13 heteroatoms. The highest BCUT2D eigenvalue weighted by Crippen LogP contribution is 2.20. The fourth-order valence-corrected chi connectivity index (χ4v) is 2.37. The van der Waals surface area contributed by atoms with Gasteiger partial charge in [-0.05, 0) is 132 Å². The molecule has 2 aromatic rings. The Morgan fingerprint density at radius 2 is 0.644 bits per heavy atom. The summed E-state index contributed by atoms with van der Waals surface area (Å²) in [7, 11) is 0. The molecule has 2 rings (SSSR count). The van der Waals surface area contributed by atoms with E-state index in [4.69, 9.17) is 38.6 Å². The predicted octanol–water partition coefficient (Wildman–Crippen LogP) is 8.29. The quantitative estimate of drug-likeness (QED) is 0.106. The molecule has 0 saturated heterocycles. The number of phenols is 2. The molecule has 2 N–H and O–H groups in total. The van der Waals surface area contributed by atoms with Gasteiger partial charge in [0.1, 0.15) is 45.4 Å². The summed E-state index contributed by atoms with van der Waals surface area (Å²) in [5, 5.41) is 17.3. The maximum absolute atomic E-state index is 11.5.